The van der Waals surface area contributed by atoms with E-state index in [4.69, 9.17) is 16.3 Å². The van der Waals surface area contributed by atoms with Crippen molar-refractivity contribution in [2.45, 2.75) is 12.6 Å². The van der Waals surface area contributed by atoms with Gasteiger partial charge in [0.1, 0.15) is 5.82 Å². The first kappa shape index (κ1) is 14.4. The molecule has 1 atom stereocenters. The average Bonchev–Trinajstić information content (AvgIpc) is 2.51. The molecular weight excluding hydrogens is 291 g/mol. The zero-order valence-electron chi connectivity index (χ0n) is 11.5. The molecule has 0 saturated carbocycles. The molecule has 1 aliphatic heterocycles. The van der Waals surface area contributed by atoms with Crippen LogP contribution >= 0.6 is 11.6 Å². The Morgan fingerprint density at radius 3 is 3.00 bits per heavy atom. The van der Waals surface area contributed by atoms with Crippen molar-refractivity contribution in [2.24, 2.45) is 0 Å². The molecule has 5 heteroatoms. The number of benzene rings is 1. The van der Waals surface area contributed by atoms with E-state index in [2.05, 4.69) is 9.88 Å². The summed E-state index contributed by atoms with van der Waals surface area (Å²) >= 11 is 5.85. The average molecular weight is 307 g/mol. The highest BCUT2D eigenvalue weighted by Gasteiger charge is 2.22. The minimum absolute atomic E-state index is 0.0828. The van der Waals surface area contributed by atoms with Gasteiger partial charge in [0.05, 0.1) is 23.4 Å². The second-order valence-electron chi connectivity index (χ2n) is 5.09. The Kier molecular flexibility index (Phi) is 4.48. The highest BCUT2D eigenvalue weighted by Crippen LogP contribution is 2.26. The molecule has 1 aromatic heterocycles. The molecule has 1 fully saturated rings. The van der Waals surface area contributed by atoms with E-state index in [0.717, 1.165) is 30.9 Å². The SMILES string of the molecule is Fc1ccc(C2CN(Cc3ccccn3)CCO2)cc1Cl. The lowest BCUT2D eigenvalue weighted by atomic mass is 10.1. The summed E-state index contributed by atoms with van der Waals surface area (Å²) in [6, 6.07) is 10.7. The number of halogens is 2. The predicted octanol–water partition coefficient (Wildman–Crippen LogP) is 3.45. The maximum Gasteiger partial charge on any atom is 0.141 e. The van der Waals surface area contributed by atoms with Crippen LogP contribution < -0.4 is 0 Å². The fourth-order valence-corrected chi connectivity index (χ4v) is 2.67. The summed E-state index contributed by atoms with van der Waals surface area (Å²) in [6.45, 7) is 3.04. The third-order valence-corrected chi connectivity index (χ3v) is 3.87. The van der Waals surface area contributed by atoms with Crippen LogP contribution in [0.3, 0.4) is 0 Å². The normalized spacial score (nSPS) is 19.6. The van der Waals surface area contributed by atoms with Gasteiger partial charge in [0, 0.05) is 25.8 Å². The molecule has 0 spiro atoms. The molecule has 2 heterocycles. The van der Waals surface area contributed by atoms with E-state index in [1.54, 1.807) is 18.3 Å². The number of pyridine rings is 1. The number of rotatable bonds is 3. The molecule has 1 aromatic carbocycles. The van der Waals surface area contributed by atoms with E-state index in [1.165, 1.54) is 6.07 Å². The molecular formula is C16H16ClFN2O. The van der Waals surface area contributed by atoms with Gasteiger partial charge < -0.3 is 4.74 Å². The Morgan fingerprint density at radius 1 is 1.33 bits per heavy atom. The van der Waals surface area contributed by atoms with E-state index in [0.29, 0.717) is 6.61 Å². The van der Waals surface area contributed by atoms with E-state index in [9.17, 15) is 4.39 Å². The van der Waals surface area contributed by atoms with Crippen LogP contribution in [0.15, 0.2) is 42.6 Å². The molecule has 1 saturated heterocycles. The summed E-state index contributed by atoms with van der Waals surface area (Å²) in [6.07, 6.45) is 1.72. The highest BCUT2D eigenvalue weighted by molar-refractivity contribution is 6.30. The molecule has 1 aliphatic rings. The lowest BCUT2D eigenvalue weighted by Crippen LogP contribution is -2.38. The Bertz CT molecular complexity index is 608. The van der Waals surface area contributed by atoms with Gasteiger partial charge in [-0.2, -0.15) is 0 Å². The van der Waals surface area contributed by atoms with Crippen LogP contribution in [0, 0.1) is 5.82 Å². The fourth-order valence-electron chi connectivity index (χ4n) is 2.48. The maximum absolute atomic E-state index is 13.2. The van der Waals surface area contributed by atoms with Gasteiger partial charge in [-0.1, -0.05) is 23.7 Å². The smallest absolute Gasteiger partial charge is 0.141 e. The molecule has 110 valence electrons. The molecule has 0 bridgehead atoms. The van der Waals surface area contributed by atoms with Crippen molar-refractivity contribution in [3.8, 4) is 0 Å². The molecule has 0 N–H and O–H groups in total. The van der Waals surface area contributed by atoms with Crippen LogP contribution in [0.5, 0.6) is 0 Å². The molecule has 0 aliphatic carbocycles. The van der Waals surface area contributed by atoms with Gasteiger partial charge in [0.15, 0.2) is 0 Å². The molecule has 1 unspecified atom stereocenters. The lowest BCUT2D eigenvalue weighted by molar-refractivity contribution is -0.0333. The van der Waals surface area contributed by atoms with E-state index < -0.39 is 5.82 Å². The van der Waals surface area contributed by atoms with Crippen molar-refractivity contribution in [3.63, 3.8) is 0 Å². The van der Waals surface area contributed by atoms with E-state index >= 15 is 0 Å². The van der Waals surface area contributed by atoms with E-state index in [1.807, 2.05) is 18.2 Å². The second-order valence-corrected chi connectivity index (χ2v) is 5.50. The number of hydrogen-bond acceptors (Lipinski definition) is 3. The second kappa shape index (κ2) is 6.52. The van der Waals surface area contributed by atoms with Gasteiger partial charge >= 0.3 is 0 Å². The van der Waals surface area contributed by atoms with Crippen LogP contribution in [0.25, 0.3) is 0 Å². The Morgan fingerprint density at radius 2 is 2.24 bits per heavy atom. The largest absolute Gasteiger partial charge is 0.371 e. The first-order valence-corrected chi connectivity index (χ1v) is 7.29. The topological polar surface area (TPSA) is 25.4 Å². The molecule has 2 aromatic rings. The van der Waals surface area contributed by atoms with Crippen molar-refractivity contribution in [3.05, 3.63) is 64.7 Å². The standard InChI is InChI=1S/C16H16ClFN2O/c17-14-9-12(4-5-15(14)18)16-11-20(7-8-21-16)10-13-3-1-2-6-19-13/h1-6,9,16H,7-8,10-11H2. The van der Waals surface area contributed by atoms with Crippen molar-refractivity contribution >= 4 is 11.6 Å². The minimum Gasteiger partial charge on any atom is -0.371 e. The third-order valence-electron chi connectivity index (χ3n) is 3.58. The van der Waals surface area contributed by atoms with Gasteiger partial charge in [0.25, 0.3) is 0 Å². The van der Waals surface area contributed by atoms with Gasteiger partial charge in [-0.15, -0.1) is 0 Å². The van der Waals surface area contributed by atoms with E-state index in [-0.39, 0.29) is 11.1 Å². The predicted molar refractivity (Wildman–Crippen MR) is 79.6 cm³/mol. The zero-order valence-corrected chi connectivity index (χ0v) is 12.3. The van der Waals surface area contributed by atoms with Crippen LogP contribution in [0.2, 0.25) is 5.02 Å². The third kappa shape index (κ3) is 3.59. The van der Waals surface area contributed by atoms with Gasteiger partial charge in [-0.25, -0.2) is 4.39 Å². The molecule has 3 rings (SSSR count). The van der Waals surface area contributed by atoms with Crippen LogP contribution in [-0.2, 0) is 11.3 Å². The summed E-state index contributed by atoms with van der Waals surface area (Å²) < 4.78 is 19.0. The monoisotopic (exact) mass is 306 g/mol. The summed E-state index contributed by atoms with van der Waals surface area (Å²) in [5.74, 6) is -0.401. The van der Waals surface area contributed by atoms with Crippen molar-refractivity contribution in [1.29, 1.82) is 0 Å². The van der Waals surface area contributed by atoms with Crippen LogP contribution in [-0.4, -0.2) is 29.6 Å². The lowest BCUT2D eigenvalue weighted by Gasteiger charge is -2.33. The number of nitrogens with zero attached hydrogens (tertiary/aromatic N) is 2. The quantitative estimate of drug-likeness (QED) is 0.868. The number of hydrogen-bond donors (Lipinski definition) is 0. The fraction of sp³-hybridized carbons (Fsp3) is 0.312. The summed E-state index contributed by atoms with van der Waals surface area (Å²) in [5.41, 5.74) is 1.95. The maximum atomic E-state index is 13.2. The highest BCUT2D eigenvalue weighted by atomic mass is 35.5. The molecule has 3 nitrogen and oxygen atoms in total. The summed E-state index contributed by atoms with van der Waals surface area (Å²) in [5, 5.41) is 0.137. The minimum atomic E-state index is -0.401. The van der Waals surface area contributed by atoms with Gasteiger partial charge in [0.2, 0.25) is 0 Å². The van der Waals surface area contributed by atoms with Gasteiger partial charge in [-0.3, -0.25) is 9.88 Å². The summed E-state index contributed by atoms with van der Waals surface area (Å²) in [7, 11) is 0. The van der Waals surface area contributed by atoms with Crippen molar-refractivity contribution in [2.75, 3.05) is 19.7 Å². The number of aromatic nitrogens is 1. The molecule has 0 amide bonds. The first-order chi connectivity index (χ1) is 10.2. The van der Waals surface area contributed by atoms with Crippen molar-refractivity contribution in [1.82, 2.24) is 9.88 Å². The molecule has 0 radical (unpaired) electrons. The van der Waals surface area contributed by atoms with Crippen LogP contribution in [0.1, 0.15) is 17.4 Å². The summed E-state index contributed by atoms with van der Waals surface area (Å²) in [4.78, 5) is 6.63. The Labute approximate surface area is 128 Å². The number of morpholine rings is 1. The Balaban J connectivity index is 1.69. The van der Waals surface area contributed by atoms with Gasteiger partial charge in [-0.05, 0) is 29.8 Å². The van der Waals surface area contributed by atoms with Crippen molar-refractivity contribution < 1.29 is 9.13 Å². The first-order valence-electron chi connectivity index (χ1n) is 6.91. The Hall–Kier alpha value is -1.49. The number of ether oxygens (including phenoxy) is 1. The molecule has 21 heavy (non-hydrogen) atoms. The van der Waals surface area contributed by atoms with Crippen LogP contribution in [0.4, 0.5) is 4.39 Å². The zero-order chi connectivity index (χ0) is 14.7.